The Balaban J connectivity index is 2.28. The van der Waals surface area contributed by atoms with E-state index in [-0.39, 0.29) is 16.6 Å². The van der Waals surface area contributed by atoms with Gasteiger partial charge in [-0.3, -0.25) is 4.79 Å². The van der Waals surface area contributed by atoms with Gasteiger partial charge in [0, 0.05) is 17.4 Å². The number of aromatic carboxylic acids is 1. The fourth-order valence-electron chi connectivity index (χ4n) is 2.76. The highest BCUT2D eigenvalue weighted by molar-refractivity contribution is 5.97. The SMILES string of the molecule is COc1ccccc1Cn1cc(C(=O)O)c(=O)c2c(N)cccc21. The highest BCUT2D eigenvalue weighted by atomic mass is 16.5. The monoisotopic (exact) mass is 324 g/mol. The number of ether oxygens (including phenoxy) is 1. The van der Waals surface area contributed by atoms with Crippen molar-refractivity contribution in [3.05, 3.63) is 70.0 Å². The number of para-hydroxylation sites is 1. The molecule has 0 saturated heterocycles. The summed E-state index contributed by atoms with van der Waals surface area (Å²) >= 11 is 0. The van der Waals surface area contributed by atoms with Gasteiger partial charge in [0.15, 0.2) is 0 Å². The molecular formula is C18H16N2O4. The number of pyridine rings is 1. The summed E-state index contributed by atoms with van der Waals surface area (Å²) in [6, 6.07) is 12.5. The fraction of sp³-hybridized carbons (Fsp3) is 0.111. The summed E-state index contributed by atoms with van der Waals surface area (Å²) in [6.07, 6.45) is 1.35. The molecule has 0 fully saturated rings. The fourth-order valence-corrected chi connectivity index (χ4v) is 2.76. The second-order valence-corrected chi connectivity index (χ2v) is 5.36. The number of carboxylic acids is 1. The van der Waals surface area contributed by atoms with Gasteiger partial charge >= 0.3 is 5.97 Å². The summed E-state index contributed by atoms with van der Waals surface area (Å²) in [5, 5.41) is 9.54. The molecule has 3 aromatic rings. The molecule has 1 aromatic heterocycles. The quantitative estimate of drug-likeness (QED) is 0.718. The van der Waals surface area contributed by atoms with E-state index in [1.807, 2.05) is 24.3 Å². The van der Waals surface area contributed by atoms with E-state index in [2.05, 4.69) is 0 Å². The number of nitrogens with zero attached hydrogens (tertiary/aromatic N) is 1. The first-order valence-corrected chi connectivity index (χ1v) is 7.29. The van der Waals surface area contributed by atoms with Crippen molar-refractivity contribution in [1.29, 1.82) is 0 Å². The first-order chi connectivity index (χ1) is 11.5. The number of benzene rings is 2. The van der Waals surface area contributed by atoms with Crippen LogP contribution >= 0.6 is 0 Å². The lowest BCUT2D eigenvalue weighted by molar-refractivity contribution is 0.0695. The van der Waals surface area contributed by atoms with Crippen LogP contribution in [-0.4, -0.2) is 22.8 Å². The number of nitrogens with two attached hydrogens (primary N) is 1. The highest BCUT2D eigenvalue weighted by Crippen LogP contribution is 2.23. The number of carboxylic acid groups (broad SMARTS) is 1. The summed E-state index contributed by atoms with van der Waals surface area (Å²) in [7, 11) is 1.57. The topological polar surface area (TPSA) is 94.5 Å². The van der Waals surface area contributed by atoms with Gasteiger partial charge in [-0.05, 0) is 18.2 Å². The first-order valence-electron chi connectivity index (χ1n) is 7.29. The molecule has 0 aliphatic carbocycles. The standard InChI is InChI=1S/C18H16N2O4/c1-24-15-8-3-2-5-11(15)9-20-10-12(18(22)23)17(21)16-13(19)6-4-7-14(16)20/h2-8,10H,9,19H2,1H3,(H,22,23). The number of carbonyl (C=O) groups is 1. The predicted octanol–water partition coefficient (Wildman–Crippen LogP) is 2.34. The van der Waals surface area contributed by atoms with E-state index >= 15 is 0 Å². The number of hydrogen-bond acceptors (Lipinski definition) is 4. The Bertz CT molecular complexity index is 992. The van der Waals surface area contributed by atoms with E-state index in [0.717, 1.165) is 5.56 Å². The molecule has 1 heterocycles. The molecular weight excluding hydrogens is 308 g/mol. The van der Waals surface area contributed by atoms with Crippen LogP contribution in [-0.2, 0) is 6.54 Å². The third kappa shape index (κ3) is 2.58. The number of aromatic nitrogens is 1. The molecule has 0 atom stereocenters. The van der Waals surface area contributed by atoms with Crippen molar-refractivity contribution in [3.8, 4) is 5.75 Å². The zero-order valence-electron chi connectivity index (χ0n) is 13.0. The van der Waals surface area contributed by atoms with Crippen molar-refractivity contribution in [2.45, 2.75) is 6.54 Å². The Morgan fingerprint density at radius 2 is 1.96 bits per heavy atom. The molecule has 0 unspecified atom stereocenters. The van der Waals surface area contributed by atoms with Gasteiger partial charge in [-0.2, -0.15) is 0 Å². The maximum Gasteiger partial charge on any atom is 0.341 e. The van der Waals surface area contributed by atoms with Crippen LogP contribution in [0.25, 0.3) is 10.9 Å². The van der Waals surface area contributed by atoms with E-state index in [0.29, 0.717) is 17.8 Å². The molecule has 2 aromatic carbocycles. The average Bonchev–Trinajstić information content (AvgIpc) is 2.57. The lowest BCUT2D eigenvalue weighted by atomic mass is 10.1. The van der Waals surface area contributed by atoms with Crippen LogP contribution in [0, 0.1) is 0 Å². The van der Waals surface area contributed by atoms with Crippen LogP contribution in [0.15, 0.2) is 53.5 Å². The average molecular weight is 324 g/mol. The molecule has 0 aliphatic rings. The maximum absolute atomic E-state index is 12.4. The second-order valence-electron chi connectivity index (χ2n) is 5.36. The van der Waals surface area contributed by atoms with Gasteiger partial charge in [0.1, 0.15) is 11.3 Å². The molecule has 0 saturated carbocycles. The minimum atomic E-state index is -1.28. The number of rotatable bonds is 4. The number of fused-ring (bicyclic) bond motifs is 1. The predicted molar refractivity (Wildman–Crippen MR) is 91.7 cm³/mol. The number of nitrogen functional groups attached to an aromatic ring is 1. The Hall–Kier alpha value is -3.28. The molecule has 122 valence electrons. The Kier molecular flexibility index (Phi) is 3.95. The number of hydrogen-bond donors (Lipinski definition) is 2. The van der Waals surface area contributed by atoms with Crippen LogP contribution in [0.3, 0.4) is 0 Å². The molecule has 3 N–H and O–H groups in total. The van der Waals surface area contributed by atoms with Crippen molar-refractivity contribution in [2.24, 2.45) is 0 Å². The van der Waals surface area contributed by atoms with Crippen LogP contribution < -0.4 is 15.9 Å². The van der Waals surface area contributed by atoms with Crippen molar-refractivity contribution < 1.29 is 14.6 Å². The normalized spacial score (nSPS) is 10.7. The maximum atomic E-state index is 12.4. The lowest BCUT2D eigenvalue weighted by Gasteiger charge is -2.15. The van der Waals surface area contributed by atoms with Gasteiger partial charge in [-0.25, -0.2) is 4.79 Å². The van der Waals surface area contributed by atoms with Crippen LogP contribution in [0.4, 0.5) is 5.69 Å². The Morgan fingerprint density at radius 3 is 2.67 bits per heavy atom. The number of anilines is 1. The Morgan fingerprint density at radius 1 is 1.21 bits per heavy atom. The van der Waals surface area contributed by atoms with E-state index in [9.17, 15) is 14.7 Å². The van der Waals surface area contributed by atoms with Gasteiger partial charge in [-0.15, -0.1) is 0 Å². The summed E-state index contributed by atoms with van der Waals surface area (Å²) in [5.41, 5.74) is 6.73. The second kappa shape index (κ2) is 6.08. The third-order valence-corrected chi connectivity index (χ3v) is 3.90. The summed E-state index contributed by atoms with van der Waals surface area (Å²) in [6.45, 7) is 0.352. The third-order valence-electron chi connectivity index (χ3n) is 3.90. The van der Waals surface area contributed by atoms with Crippen LogP contribution in [0.1, 0.15) is 15.9 Å². The van der Waals surface area contributed by atoms with Crippen molar-refractivity contribution in [1.82, 2.24) is 4.57 Å². The lowest BCUT2D eigenvalue weighted by Crippen LogP contribution is -2.20. The largest absolute Gasteiger partial charge is 0.496 e. The number of methoxy groups -OCH3 is 1. The minimum absolute atomic E-state index is 0.215. The van der Waals surface area contributed by atoms with Crippen LogP contribution in [0.5, 0.6) is 5.75 Å². The van der Waals surface area contributed by atoms with E-state index < -0.39 is 11.4 Å². The summed E-state index contributed by atoms with van der Waals surface area (Å²) in [4.78, 5) is 23.8. The van der Waals surface area contributed by atoms with Crippen molar-refractivity contribution in [3.63, 3.8) is 0 Å². The van der Waals surface area contributed by atoms with Gasteiger partial charge in [0.2, 0.25) is 5.43 Å². The minimum Gasteiger partial charge on any atom is -0.496 e. The zero-order chi connectivity index (χ0) is 17.3. The van der Waals surface area contributed by atoms with Gasteiger partial charge in [0.25, 0.3) is 0 Å². The molecule has 0 aliphatic heterocycles. The van der Waals surface area contributed by atoms with E-state index in [1.54, 1.807) is 29.9 Å². The molecule has 3 rings (SSSR count). The zero-order valence-corrected chi connectivity index (χ0v) is 13.0. The van der Waals surface area contributed by atoms with Crippen molar-refractivity contribution in [2.75, 3.05) is 12.8 Å². The molecule has 6 heteroatoms. The van der Waals surface area contributed by atoms with Gasteiger partial charge in [0.05, 0.1) is 24.6 Å². The molecule has 0 spiro atoms. The summed E-state index contributed by atoms with van der Waals surface area (Å²) < 4.78 is 7.04. The smallest absolute Gasteiger partial charge is 0.341 e. The first kappa shape index (κ1) is 15.6. The molecule has 0 amide bonds. The van der Waals surface area contributed by atoms with E-state index in [4.69, 9.17) is 10.5 Å². The van der Waals surface area contributed by atoms with Crippen molar-refractivity contribution >= 4 is 22.6 Å². The Labute approximate surface area is 137 Å². The van der Waals surface area contributed by atoms with Crippen LogP contribution in [0.2, 0.25) is 0 Å². The van der Waals surface area contributed by atoms with Gasteiger partial charge < -0.3 is 20.1 Å². The molecule has 24 heavy (non-hydrogen) atoms. The van der Waals surface area contributed by atoms with Gasteiger partial charge in [-0.1, -0.05) is 24.3 Å². The molecule has 0 bridgehead atoms. The highest BCUT2D eigenvalue weighted by Gasteiger charge is 2.16. The summed E-state index contributed by atoms with van der Waals surface area (Å²) in [5.74, 6) is -0.593. The van der Waals surface area contributed by atoms with E-state index in [1.165, 1.54) is 6.20 Å². The molecule has 6 nitrogen and oxygen atoms in total. The molecule has 0 radical (unpaired) electrons.